The van der Waals surface area contributed by atoms with Crippen LogP contribution in [0.2, 0.25) is 0 Å². The van der Waals surface area contributed by atoms with Gasteiger partial charge >= 0.3 is 0 Å². The van der Waals surface area contributed by atoms with Gasteiger partial charge in [0.15, 0.2) is 5.16 Å². The Bertz CT molecular complexity index is 815. The maximum absolute atomic E-state index is 12.8. The van der Waals surface area contributed by atoms with E-state index >= 15 is 0 Å². The molecule has 1 unspecified atom stereocenters. The molecule has 0 saturated carbocycles. The number of benzene rings is 1. The van der Waals surface area contributed by atoms with Gasteiger partial charge in [-0.05, 0) is 31.4 Å². The van der Waals surface area contributed by atoms with Crippen molar-refractivity contribution < 1.29 is 9.53 Å². The van der Waals surface area contributed by atoms with Crippen LogP contribution in [0, 0.1) is 0 Å². The Kier molecular flexibility index (Phi) is 6.68. The first-order valence-electron chi connectivity index (χ1n) is 9.19. The predicted molar refractivity (Wildman–Crippen MR) is 104 cm³/mol. The monoisotopic (exact) mass is 375 g/mol. The second kappa shape index (κ2) is 9.19. The molecule has 0 radical (unpaired) electrons. The molecule has 1 aromatic carbocycles. The van der Waals surface area contributed by atoms with Crippen molar-refractivity contribution in [1.29, 1.82) is 0 Å². The number of fused-ring (bicyclic) bond motifs is 1. The minimum Gasteiger partial charge on any atom is -0.376 e. The van der Waals surface area contributed by atoms with E-state index in [1.165, 1.54) is 11.8 Å². The first-order valence-corrected chi connectivity index (χ1v) is 10.2. The molecule has 140 valence electrons. The second-order valence-corrected chi connectivity index (χ2v) is 7.39. The lowest BCUT2D eigenvalue weighted by atomic mass is 10.2. The highest BCUT2D eigenvalue weighted by molar-refractivity contribution is 7.99. The van der Waals surface area contributed by atoms with Gasteiger partial charge in [-0.3, -0.25) is 14.2 Å². The van der Waals surface area contributed by atoms with Crippen molar-refractivity contribution in [2.45, 2.75) is 50.4 Å². The molecule has 1 amide bonds. The molecule has 26 heavy (non-hydrogen) atoms. The number of ether oxygens (including phenoxy) is 1. The molecule has 6 nitrogen and oxygen atoms in total. The summed E-state index contributed by atoms with van der Waals surface area (Å²) in [4.78, 5) is 29.6. The summed E-state index contributed by atoms with van der Waals surface area (Å²) in [7, 11) is 0. The van der Waals surface area contributed by atoms with E-state index in [-0.39, 0.29) is 23.3 Å². The third-order valence-corrected chi connectivity index (χ3v) is 5.42. The SMILES string of the molecule is CCCCn1c(SCC(=O)NCC2CCCO2)nc2ccccc2c1=O. The first-order chi connectivity index (χ1) is 12.7. The highest BCUT2D eigenvalue weighted by atomic mass is 32.2. The molecule has 1 N–H and O–H groups in total. The summed E-state index contributed by atoms with van der Waals surface area (Å²) in [6.45, 7) is 4.03. The number of rotatable bonds is 8. The molecule has 0 spiro atoms. The molecule has 1 aliphatic rings. The molecule has 1 fully saturated rings. The van der Waals surface area contributed by atoms with E-state index in [1.807, 2.05) is 18.2 Å². The number of para-hydroxylation sites is 1. The van der Waals surface area contributed by atoms with Gasteiger partial charge in [0, 0.05) is 19.7 Å². The van der Waals surface area contributed by atoms with Crippen LogP contribution in [-0.4, -0.2) is 40.5 Å². The third kappa shape index (κ3) is 4.65. The Morgan fingerprint density at radius 3 is 3.04 bits per heavy atom. The van der Waals surface area contributed by atoms with Crippen LogP contribution in [-0.2, 0) is 16.1 Å². The third-order valence-electron chi connectivity index (χ3n) is 4.45. The zero-order chi connectivity index (χ0) is 18.4. The molecule has 1 aliphatic heterocycles. The number of carbonyl (C=O) groups is 1. The van der Waals surface area contributed by atoms with Crippen molar-refractivity contribution >= 4 is 28.6 Å². The quantitative estimate of drug-likeness (QED) is 0.567. The molecule has 0 bridgehead atoms. The highest BCUT2D eigenvalue weighted by Crippen LogP contribution is 2.18. The molecule has 7 heteroatoms. The average molecular weight is 375 g/mol. The number of hydrogen-bond acceptors (Lipinski definition) is 5. The van der Waals surface area contributed by atoms with Crippen molar-refractivity contribution in [3.63, 3.8) is 0 Å². The normalized spacial score (nSPS) is 16.9. The van der Waals surface area contributed by atoms with Gasteiger partial charge in [-0.25, -0.2) is 4.98 Å². The van der Waals surface area contributed by atoms with Crippen molar-refractivity contribution in [1.82, 2.24) is 14.9 Å². The second-order valence-electron chi connectivity index (χ2n) is 6.45. The zero-order valence-corrected chi connectivity index (χ0v) is 15.9. The van der Waals surface area contributed by atoms with E-state index in [1.54, 1.807) is 10.6 Å². The van der Waals surface area contributed by atoms with E-state index in [0.717, 1.165) is 32.3 Å². The Balaban J connectivity index is 1.70. The van der Waals surface area contributed by atoms with E-state index < -0.39 is 0 Å². The number of nitrogens with one attached hydrogen (secondary N) is 1. The molecule has 3 rings (SSSR count). The maximum Gasteiger partial charge on any atom is 0.262 e. The van der Waals surface area contributed by atoms with Gasteiger partial charge in [0.25, 0.3) is 5.56 Å². The summed E-state index contributed by atoms with van der Waals surface area (Å²) in [5.41, 5.74) is 0.638. The fourth-order valence-electron chi connectivity index (χ4n) is 2.99. The summed E-state index contributed by atoms with van der Waals surface area (Å²) in [6.07, 6.45) is 4.07. The molecule has 0 aliphatic carbocycles. The number of amides is 1. The van der Waals surface area contributed by atoms with Crippen LogP contribution < -0.4 is 10.9 Å². The van der Waals surface area contributed by atoms with Crippen LogP contribution in [0.25, 0.3) is 10.9 Å². The Morgan fingerprint density at radius 1 is 1.42 bits per heavy atom. The van der Waals surface area contributed by atoms with Crippen LogP contribution in [0.4, 0.5) is 0 Å². The smallest absolute Gasteiger partial charge is 0.262 e. The van der Waals surface area contributed by atoms with Crippen LogP contribution in [0.3, 0.4) is 0 Å². The molecule has 2 heterocycles. The Morgan fingerprint density at radius 2 is 2.27 bits per heavy atom. The molecular weight excluding hydrogens is 350 g/mol. The Hall–Kier alpha value is -1.86. The van der Waals surface area contributed by atoms with Crippen molar-refractivity contribution in [3.8, 4) is 0 Å². The topological polar surface area (TPSA) is 73.2 Å². The summed E-state index contributed by atoms with van der Waals surface area (Å²) >= 11 is 1.32. The lowest BCUT2D eigenvalue weighted by Gasteiger charge is -2.13. The molecule has 1 atom stereocenters. The minimum absolute atomic E-state index is 0.0358. The van der Waals surface area contributed by atoms with Gasteiger partial charge in [-0.15, -0.1) is 0 Å². The van der Waals surface area contributed by atoms with Crippen molar-refractivity contribution in [2.75, 3.05) is 18.9 Å². The van der Waals surface area contributed by atoms with Gasteiger partial charge in [0.2, 0.25) is 5.91 Å². The van der Waals surface area contributed by atoms with Gasteiger partial charge in [0.1, 0.15) is 0 Å². The number of nitrogens with zero attached hydrogens (tertiary/aromatic N) is 2. The summed E-state index contributed by atoms with van der Waals surface area (Å²) in [6, 6.07) is 7.35. The molecule has 1 aromatic heterocycles. The summed E-state index contributed by atoms with van der Waals surface area (Å²) in [5.74, 6) is 0.179. The van der Waals surface area contributed by atoms with Crippen molar-refractivity contribution in [2.24, 2.45) is 0 Å². The lowest BCUT2D eigenvalue weighted by Crippen LogP contribution is -2.33. The van der Waals surface area contributed by atoms with Crippen LogP contribution in [0.1, 0.15) is 32.6 Å². The summed E-state index contributed by atoms with van der Waals surface area (Å²) in [5, 5.41) is 4.14. The maximum atomic E-state index is 12.8. The van der Waals surface area contributed by atoms with E-state index in [4.69, 9.17) is 4.74 Å². The van der Waals surface area contributed by atoms with Crippen LogP contribution >= 0.6 is 11.8 Å². The largest absolute Gasteiger partial charge is 0.376 e. The van der Waals surface area contributed by atoms with Gasteiger partial charge < -0.3 is 10.1 Å². The molecular formula is C19H25N3O3S. The van der Waals surface area contributed by atoms with E-state index in [2.05, 4.69) is 17.2 Å². The average Bonchev–Trinajstić information content (AvgIpc) is 3.18. The molecule has 2 aromatic rings. The van der Waals surface area contributed by atoms with Gasteiger partial charge in [-0.1, -0.05) is 37.2 Å². The van der Waals surface area contributed by atoms with Crippen LogP contribution in [0.15, 0.2) is 34.2 Å². The van der Waals surface area contributed by atoms with Gasteiger partial charge in [0.05, 0.1) is 22.8 Å². The molecule has 1 saturated heterocycles. The number of thioether (sulfide) groups is 1. The lowest BCUT2D eigenvalue weighted by molar-refractivity contribution is -0.119. The standard InChI is InChI=1S/C19H25N3O3S/c1-2-3-10-22-18(24)15-8-4-5-9-16(15)21-19(22)26-13-17(23)20-12-14-7-6-11-25-14/h4-5,8-9,14H,2-3,6-7,10-13H2,1H3,(H,20,23). The number of aromatic nitrogens is 2. The first kappa shape index (κ1) is 18.9. The van der Waals surface area contributed by atoms with Crippen LogP contribution in [0.5, 0.6) is 0 Å². The number of carbonyl (C=O) groups excluding carboxylic acids is 1. The highest BCUT2D eigenvalue weighted by Gasteiger charge is 2.17. The van der Waals surface area contributed by atoms with Crippen molar-refractivity contribution in [3.05, 3.63) is 34.6 Å². The zero-order valence-electron chi connectivity index (χ0n) is 15.1. The number of unbranched alkanes of at least 4 members (excludes halogenated alkanes) is 1. The number of hydrogen-bond donors (Lipinski definition) is 1. The predicted octanol–water partition coefficient (Wildman–Crippen LogP) is 2.58. The van der Waals surface area contributed by atoms with Gasteiger partial charge in [-0.2, -0.15) is 0 Å². The summed E-state index contributed by atoms with van der Waals surface area (Å²) < 4.78 is 7.21. The van der Waals surface area contributed by atoms with E-state index in [9.17, 15) is 9.59 Å². The van der Waals surface area contributed by atoms with E-state index in [0.29, 0.717) is 29.1 Å². The fourth-order valence-corrected chi connectivity index (χ4v) is 3.84. The fraction of sp³-hybridized carbons (Fsp3) is 0.526. The minimum atomic E-state index is -0.0602. The Labute approximate surface area is 157 Å².